The van der Waals surface area contributed by atoms with Crippen molar-refractivity contribution in [2.75, 3.05) is 19.8 Å². The Morgan fingerprint density at radius 3 is 2.53 bits per heavy atom. The van der Waals surface area contributed by atoms with E-state index in [2.05, 4.69) is 20.8 Å². The number of hydrogen-bond donors (Lipinski definition) is 1. The van der Waals surface area contributed by atoms with Gasteiger partial charge in [-0.25, -0.2) is 0 Å². The van der Waals surface area contributed by atoms with Gasteiger partial charge in [0.15, 0.2) is 11.5 Å². The molecule has 0 radical (unpaired) electrons. The molecule has 1 aromatic carbocycles. The third-order valence-electron chi connectivity index (χ3n) is 3.53. The summed E-state index contributed by atoms with van der Waals surface area (Å²) in [5.74, 6) is 2.29. The van der Waals surface area contributed by atoms with Crippen LogP contribution in [0, 0.1) is 0 Å². The first-order chi connectivity index (χ1) is 9.06. The van der Waals surface area contributed by atoms with Crippen LogP contribution in [0.1, 0.15) is 50.2 Å². The number of fused-ring (bicyclic) bond motifs is 1. The lowest BCUT2D eigenvalue weighted by Gasteiger charge is -2.28. The third kappa shape index (κ3) is 2.82. The molecule has 1 heterocycles. The normalized spacial score (nSPS) is 15.7. The van der Waals surface area contributed by atoms with E-state index in [0.717, 1.165) is 28.5 Å². The highest BCUT2D eigenvalue weighted by Crippen LogP contribution is 2.46. The summed E-state index contributed by atoms with van der Waals surface area (Å²) in [7, 11) is 0. The van der Waals surface area contributed by atoms with Crippen LogP contribution < -0.4 is 15.2 Å². The quantitative estimate of drug-likeness (QED) is 0.917. The molecule has 0 saturated carbocycles. The van der Waals surface area contributed by atoms with Gasteiger partial charge in [0.05, 0.1) is 0 Å². The Bertz CT molecular complexity index is 460. The molecule has 1 atom stereocenters. The van der Waals surface area contributed by atoms with Crippen LogP contribution in [0.5, 0.6) is 11.5 Å². The minimum absolute atomic E-state index is 0.325. The predicted molar refractivity (Wildman–Crippen MR) is 78.6 cm³/mol. The van der Waals surface area contributed by atoms with E-state index in [1.807, 2.05) is 6.07 Å². The van der Waals surface area contributed by atoms with Crippen LogP contribution in [-0.2, 0) is 0 Å². The minimum atomic E-state index is 0.325. The standard InChI is InChI=1S/C15H22ClNO2/c1-9(2)13-14(10(3)4-5-17)11(16)8-12-15(13)19-7-6-18-12/h8-10H,4-7,17H2,1-3H3. The second-order valence-electron chi connectivity index (χ2n) is 5.34. The smallest absolute Gasteiger partial charge is 0.165 e. The monoisotopic (exact) mass is 283 g/mol. The molecular formula is C15H22ClNO2. The van der Waals surface area contributed by atoms with Gasteiger partial charge in [-0.2, -0.15) is 0 Å². The number of ether oxygens (including phenoxy) is 2. The van der Waals surface area contributed by atoms with Gasteiger partial charge in [0.25, 0.3) is 0 Å². The first-order valence-electron chi connectivity index (χ1n) is 6.88. The lowest BCUT2D eigenvalue weighted by Crippen LogP contribution is -2.19. The lowest BCUT2D eigenvalue weighted by molar-refractivity contribution is 0.169. The number of hydrogen-bond acceptors (Lipinski definition) is 3. The van der Waals surface area contributed by atoms with E-state index in [1.165, 1.54) is 5.56 Å². The summed E-state index contributed by atoms with van der Waals surface area (Å²) >= 11 is 6.46. The summed E-state index contributed by atoms with van der Waals surface area (Å²) in [4.78, 5) is 0. The van der Waals surface area contributed by atoms with Crippen molar-refractivity contribution in [3.05, 3.63) is 22.2 Å². The second kappa shape index (κ2) is 6.02. The summed E-state index contributed by atoms with van der Waals surface area (Å²) in [5, 5.41) is 0.758. The second-order valence-corrected chi connectivity index (χ2v) is 5.75. The Balaban J connectivity index is 2.57. The van der Waals surface area contributed by atoms with Crippen LogP contribution >= 0.6 is 11.6 Å². The first kappa shape index (κ1) is 14.5. The van der Waals surface area contributed by atoms with Crippen molar-refractivity contribution in [1.82, 2.24) is 0 Å². The molecule has 4 heteroatoms. The molecule has 19 heavy (non-hydrogen) atoms. The van der Waals surface area contributed by atoms with Crippen molar-refractivity contribution >= 4 is 11.6 Å². The van der Waals surface area contributed by atoms with Crippen molar-refractivity contribution in [3.63, 3.8) is 0 Å². The van der Waals surface area contributed by atoms with Crippen LogP contribution in [0.15, 0.2) is 6.07 Å². The van der Waals surface area contributed by atoms with E-state index in [1.54, 1.807) is 0 Å². The highest BCUT2D eigenvalue weighted by atomic mass is 35.5. The van der Waals surface area contributed by atoms with Crippen LogP contribution in [-0.4, -0.2) is 19.8 Å². The van der Waals surface area contributed by atoms with E-state index in [4.69, 9.17) is 26.8 Å². The maximum absolute atomic E-state index is 6.46. The molecule has 0 amide bonds. The Hall–Kier alpha value is -0.930. The van der Waals surface area contributed by atoms with E-state index >= 15 is 0 Å². The molecule has 0 aromatic heterocycles. The largest absolute Gasteiger partial charge is 0.486 e. The number of halogens is 1. The van der Waals surface area contributed by atoms with Gasteiger partial charge in [-0.3, -0.25) is 0 Å². The molecule has 0 saturated heterocycles. The lowest BCUT2D eigenvalue weighted by atomic mass is 9.87. The maximum atomic E-state index is 6.46. The fourth-order valence-corrected chi connectivity index (χ4v) is 3.05. The number of benzene rings is 1. The highest BCUT2D eigenvalue weighted by molar-refractivity contribution is 6.31. The zero-order chi connectivity index (χ0) is 14.0. The van der Waals surface area contributed by atoms with Crippen molar-refractivity contribution in [2.45, 2.75) is 39.0 Å². The third-order valence-corrected chi connectivity index (χ3v) is 3.84. The summed E-state index contributed by atoms with van der Waals surface area (Å²) in [6, 6.07) is 1.88. The van der Waals surface area contributed by atoms with Gasteiger partial charge in [0.1, 0.15) is 13.2 Å². The summed E-state index contributed by atoms with van der Waals surface area (Å²) in [6.07, 6.45) is 0.916. The summed E-state index contributed by atoms with van der Waals surface area (Å²) < 4.78 is 11.5. The molecule has 106 valence electrons. The van der Waals surface area contributed by atoms with Crippen molar-refractivity contribution in [1.29, 1.82) is 0 Å². The van der Waals surface area contributed by atoms with Crippen molar-refractivity contribution < 1.29 is 9.47 Å². The van der Waals surface area contributed by atoms with Crippen LogP contribution in [0.25, 0.3) is 0 Å². The van der Waals surface area contributed by atoms with Gasteiger partial charge in [0, 0.05) is 16.7 Å². The van der Waals surface area contributed by atoms with Crippen molar-refractivity contribution in [3.8, 4) is 11.5 Å². The summed E-state index contributed by atoms with van der Waals surface area (Å²) in [5.41, 5.74) is 8.01. The molecular weight excluding hydrogens is 262 g/mol. The average molecular weight is 284 g/mol. The Morgan fingerprint density at radius 1 is 1.21 bits per heavy atom. The zero-order valence-corrected chi connectivity index (χ0v) is 12.6. The fraction of sp³-hybridized carbons (Fsp3) is 0.600. The topological polar surface area (TPSA) is 44.5 Å². The molecule has 1 unspecified atom stereocenters. The highest BCUT2D eigenvalue weighted by Gasteiger charge is 2.26. The van der Waals surface area contributed by atoms with Gasteiger partial charge in [-0.05, 0) is 30.4 Å². The molecule has 3 nitrogen and oxygen atoms in total. The molecule has 1 aromatic rings. The Kier molecular flexibility index (Phi) is 4.58. The zero-order valence-electron chi connectivity index (χ0n) is 11.8. The van der Waals surface area contributed by atoms with E-state index in [-0.39, 0.29) is 0 Å². The van der Waals surface area contributed by atoms with E-state index in [0.29, 0.717) is 31.6 Å². The van der Waals surface area contributed by atoms with Crippen LogP contribution in [0.3, 0.4) is 0 Å². The van der Waals surface area contributed by atoms with Gasteiger partial charge in [0.2, 0.25) is 0 Å². The molecule has 2 N–H and O–H groups in total. The van der Waals surface area contributed by atoms with Crippen LogP contribution in [0.4, 0.5) is 0 Å². The number of nitrogens with two attached hydrogens (primary N) is 1. The molecule has 0 aliphatic carbocycles. The molecule has 1 aliphatic rings. The molecule has 0 spiro atoms. The molecule has 2 rings (SSSR count). The first-order valence-corrected chi connectivity index (χ1v) is 7.26. The predicted octanol–water partition coefficient (Wildman–Crippen LogP) is 3.69. The van der Waals surface area contributed by atoms with E-state index in [9.17, 15) is 0 Å². The van der Waals surface area contributed by atoms with Gasteiger partial charge in [-0.1, -0.05) is 32.4 Å². The Morgan fingerprint density at radius 2 is 1.89 bits per heavy atom. The average Bonchev–Trinajstić information content (AvgIpc) is 2.37. The van der Waals surface area contributed by atoms with E-state index < -0.39 is 0 Å². The fourth-order valence-electron chi connectivity index (χ4n) is 2.66. The Labute approximate surface area is 120 Å². The molecule has 0 bridgehead atoms. The summed E-state index contributed by atoms with van der Waals surface area (Å²) in [6.45, 7) is 8.31. The minimum Gasteiger partial charge on any atom is -0.486 e. The SMILES string of the molecule is CC(C)c1c2c(cc(Cl)c1C(C)CCN)OCCO2. The molecule has 1 aliphatic heterocycles. The number of rotatable bonds is 4. The van der Waals surface area contributed by atoms with Gasteiger partial charge >= 0.3 is 0 Å². The van der Waals surface area contributed by atoms with Crippen LogP contribution in [0.2, 0.25) is 5.02 Å². The van der Waals surface area contributed by atoms with Crippen molar-refractivity contribution in [2.24, 2.45) is 5.73 Å². The maximum Gasteiger partial charge on any atom is 0.165 e. The molecule has 0 fully saturated rings. The van der Waals surface area contributed by atoms with Gasteiger partial charge < -0.3 is 15.2 Å². The van der Waals surface area contributed by atoms with Gasteiger partial charge in [-0.15, -0.1) is 0 Å².